The van der Waals surface area contributed by atoms with E-state index in [9.17, 15) is 5.11 Å². The highest BCUT2D eigenvalue weighted by atomic mass is 16.3. The van der Waals surface area contributed by atoms with E-state index < -0.39 is 0 Å². The molecular formula is C10H12O2. The molecule has 0 atom stereocenters. The predicted octanol–water partition coefficient (Wildman–Crippen LogP) is 2.22. The predicted molar refractivity (Wildman–Crippen MR) is 48.3 cm³/mol. The van der Waals surface area contributed by atoms with Gasteiger partial charge in [-0.25, -0.2) is 0 Å². The van der Waals surface area contributed by atoms with Crippen LogP contribution in [0, 0.1) is 0 Å². The van der Waals surface area contributed by atoms with Gasteiger partial charge >= 0.3 is 0 Å². The Morgan fingerprint density at radius 2 is 2.08 bits per heavy atom. The van der Waals surface area contributed by atoms with E-state index in [1.54, 1.807) is 6.07 Å². The Labute approximate surface area is 71.8 Å². The summed E-state index contributed by atoms with van der Waals surface area (Å²) in [5.41, 5.74) is 0.744. The summed E-state index contributed by atoms with van der Waals surface area (Å²) in [4.78, 5) is 0. The number of aromatic hydroxyl groups is 2. The molecule has 1 aromatic rings. The maximum Gasteiger partial charge on any atom is 0.119 e. The Bertz CT molecular complexity index is 290. The van der Waals surface area contributed by atoms with E-state index >= 15 is 0 Å². The molecule has 0 spiro atoms. The fourth-order valence-electron chi connectivity index (χ4n) is 0.980. The highest BCUT2D eigenvalue weighted by molar-refractivity contribution is 5.39. The van der Waals surface area contributed by atoms with Crippen molar-refractivity contribution in [2.24, 2.45) is 0 Å². The van der Waals surface area contributed by atoms with Crippen LogP contribution >= 0.6 is 0 Å². The monoisotopic (exact) mass is 164 g/mol. The van der Waals surface area contributed by atoms with Gasteiger partial charge in [-0.15, -0.1) is 0 Å². The number of allylic oxidation sites excluding steroid dienone is 2. The summed E-state index contributed by atoms with van der Waals surface area (Å²) in [6.45, 7) is 1.92. The van der Waals surface area contributed by atoms with Crippen LogP contribution in [0.5, 0.6) is 11.5 Å². The van der Waals surface area contributed by atoms with Gasteiger partial charge < -0.3 is 10.2 Å². The first-order chi connectivity index (χ1) is 5.74. The molecule has 2 heteroatoms. The normalized spacial score (nSPS) is 10.8. The first-order valence-corrected chi connectivity index (χ1v) is 3.86. The van der Waals surface area contributed by atoms with Crippen molar-refractivity contribution >= 4 is 0 Å². The van der Waals surface area contributed by atoms with Crippen molar-refractivity contribution in [2.75, 3.05) is 0 Å². The molecule has 1 rings (SSSR count). The van der Waals surface area contributed by atoms with Crippen LogP contribution in [0.4, 0.5) is 0 Å². The number of phenols is 2. The van der Waals surface area contributed by atoms with E-state index in [0.29, 0.717) is 6.42 Å². The van der Waals surface area contributed by atoms with Gasteiger partial charge in [-0.1, -0.05) is 12.2 Å². The van der Waals surface area contributed by atoms with Crippen molar-refractivity contribution in [1.82, 2.24) is 0 Å². The molecule has 0 aromatic heterocycles. The van der Waals surface area contributed by atoms with Crippen LogP contribution in [0.3, 0.4) is 0 Å². The lowest BCUT2D eigenvalue weighted by Gasteiger charge is -2.01. The Morgan fingerprint density at radius 3 is 2.75 bits per heavy atom. The molecule has 0 aliphatic heterocycles. The van der Waals surface area contributed by atoms with Crippen LogP contribution in [0.25, 0.3) is 0 Å². The number of hydrogen-bond acceptors (Lipinski definition) is 2. The summed E-state index contributed by atoms with van der Waals surface area (Å²) in [6, 6.07) is 4.53. The molecular weight excluding hydrogens is 152 g/mol. The number of rotatable bonds is 2. The molecule has 0 saturated heterocycles. The lowest BCUT2D eigenvalue weighted by Crippen LogP contribution is -1.81. The van der Waals surface area contributed by atoms with Gasteiger partial charge in [0.15, 0.2) is 0 Å². The van der Waals surface area contributed by atoms with Crippen molar-refractivity contribution < 1.29 is 10.2 Å². The molecule has 0 fully saturated rings. The SMILES string of the molecule is C/C=C/Cc1cc(O)ccc1O. The molecule has 64 valence electrons. The van der Waals surface area contributed by atoms with Gasteiger partial charge in [0.25, 0.3) is 0 Å². The summed E-state index contributed by atoms with van der Waals surface area (Å²) < 4.78 is 0. The molecule has 2 nitrogen and oxygen atoms in total. The quantitative estimate of drug-likeness (QED) is 0.519. The second-order valence-electron chi connectivity index (χ2n) is 2.59. The third-order valence-corrected chi connectivity index (χ3v) is 1.64. The van der Waals surface area contributed by atoms with Gasteiger partial charge in [-0.2, -0.15) is 0 Å². The van der Waals surface area contributed by atoms with Crippen molar-refractivity contribution in [3.05, 3.63) is 35.9 Å². The summed E-state index contributed by atoms with van der Waals surface area (Å²) in [6.07, 6.45) is 4.48. The Balaban J connectivity index is 2.89. The first kappa shape index (κ1) is 8.65. The number of benzene rings is 1. The smallest absolute Gasteiger partial charge is 0.119 e. The third-order valence-electron chi connectivity index (χ3n) is 1.64. The average molecular weight is 164 g/mol. The van der Waals surface area contributed by atoms with Crippen molar-refractivity contribution in [1.29, 1.82) is 0 Å². The minimum Gasteiger partial charge on any atom is -0.508 e. The zero-order chi connectivity index (χ0) is 8.97. The Kier molecular flexibility index (Phi) is 2.75. The van der Waals surface area contributed by atoms with Crippen LogP contribution < -0.4 is 0 Å². The maximum atomic E-state index is 9.32. The van der Waals surface area contributed by atoms with Gasteiger partial charge in [0.1, 0.15) is 11.5 Å². The second kappa shape index (κ2) is 3.81. The van der Waals surface area contributed by atoms with Crippen LogP contribution in [0.15, 0.2) is 30.4 Å². The van der Waals surface area contributed by atoms with E-state index in [1.807, 2.05) is 19.1 Å². The summed E-state index contributed by atoms with van der Waals surface area (Å²) >= 11 is 0. The van der Waals surface area contributed by atoms with Gasteiger partial charge in [-0.05, 0) is 31.5 Å². The van der Waals surface area contributed by atoms with E-state index in [-0.39, 0.29) is 11.5 Å². The zero-order valence-corrected chi connectivity index (χ0v) is 6.99. The zero-order valence-electron chi connectivity index (χ0n) is 6.99. The fraction of sp³-hybridized carbons (Fsp3) is 0.200. The van der Waals surface area contributed by atoms with Crippen LogP contribution in [-0.4, -0.2) is 10.2 Å². The molecule has 0 bridgehead atoms. The second-order valence-corrected chi connectivity index (χ2v) is 2.59. The molecule has 0 saturated carbocycles. The van der Waals surface area contributed by atoms with Crippen LogP contribution in [0.2, 0.25) is 0 Å². The average Bonchev–Trinajstić information content (AvgIpc) is 2.07. The van der Waals surface area contributed by atoms with E-state index in [0.717, 1.165) is 5.56 Å². The summed E-state index contributed by atoms with van der Waals surface area (Å²) in [5, 5.41) is 18.4. The topological polar surface area (TPSA) is 40.5 Å². The Morgan fingerprint density at radius 1 is 1.33 bits per heavy atom. The molecule has 2 N–H and O–H groups in total. The molecule has 0 aliphatic rings. The molecule has 0 amide bonds. The Hall–Kier alpha value is -1.44. The fourth-order valence-corrected chi connectivity index (χ4v) is 0.980. The lowest BCUT2D eigenvalue weighted by molar-refractivity contribution is 0.455. The van der Waals surface area contributed by atoms with E-state index in [4.69, 9.17) is 5.11 Å². The van der Waals surface area contributed by atoms with Gasteiger partial charge in [-0.3, -0.25) is 0 Å². The molecule has 0 heterocycles. The minimum absolute atomic E-state index is 0.187. The summed E-state index contributed by atoms with van der Waals surface area (Å²) in [7, 11) is 0. The van der Waals surface area contributed by atoms with Crippen LogP contribution in [0.1, 0.15) is 12.5 Å². The molecule has 0 unspecified atom stereocenters. The highest BCUT2D eigenvalue weighted by Gasteiger charge is 1.99. The molecule has 0 radical (unpaired) electrons. The number of phenolic OH excluding ortho intramolecular Hbond substituents is 2. The third kappa shape index (κ3) is 2.02. The van der Waals surface area contributed by atoms with Gasteiger partial charge in [0.05, 0.1) is 0 Å². The molecule has 12 heavy (non-hydrogen) atoms. The highest BCUT2D eigenvalue weighted by Crippen LogP contribution is 2.22. The van der Waals surface area contributed by atoms with E-state index in [2.05, 4.69) is 0 Å². The molecule has 0 aliphatic carbocycles. The van der Waals surface area contributed by atoms with Crippen molar-refractivity contribution in [3.8, 4) is 11.5 Å². The lowest BCUT2D eigenvalue weighted by atomic mass is 10.1. The van der Waals surface area contributed by atoms with E-state index in [1.165, 1.54) is 12.1 Å². The summed E-state index contributed by atoms with van der Waals surface area (Å²) in [5.74, 6) is 0.415. The first-order valence-electron chi connectivity index (χ1n) is 3.86. The largest absolute Gasteiger partial charge is 0.508 e. The maximum absolute atomic E-state index is 9.32. The standard InChI is InChI=1S/C10H12O2/c1-2-3-4-8-7-9(11)5-6-10(8)12/h2-3,5-7,11-12H,4H2,1H3/b3-2+. The van der Waals surface area contributed by atoms with Crippen molar-refractivity contribution in [3.63, 3.8) is 0 Å². The molecule has 1 aromatic carbocycles. The number of hydrogen-bond donors (Lipinski definition) is 2. The van der Waals surface area contributed by atoms with Gasteiger partial charge in [0.2, 0.25) is 0 Å². The van der Waals surface area contributed by atoms with Crippen molar-refractivity contribution in [2.45, 2.75) is 13.3 Å². The van der Waals surface area contributed by atoms with Crippen LogP contribution in [-0.2, 0) is 6.42 Å². The minimum atomic E-state index is 0.187. The van der Waals surface area contributed by atoms with Gasteiger partial charge in [0, 0.05) is 5.56 Å².